The van der Waals surface area contributed by atoms with Crippen LogP contribution in [0.25, 0.3) is 0 Å². The van der Waals surface area contributed by atoms with Crippen LogP contribution in [-0.2, 0) is 6.54 Å². The number of amides is 1. The molecule has 1 aromatic heterocycles. The third-order valence-electron chi connectivity index (χ3n) is 2.45. The smallest absolute Gasteiger partial charge is 0.250 e. The molecule has 100 valence electrons. The van der Waals surface area contributed by atoms with Gasteiger partial charge in [0, 0.05) is 17.1 Å². The van der Waals surface area contributed by atoms with Gasteiger partial charge in [-0.25, -0.2) is 0 Å². The molecule has 7 heteroatoms. The summed E-state index contributed by atoms with van der Waals surface area (Å²) in [5.74, 6) is -0.582. The Hall–Kier alpha value is -1.43. The molecule has 5 N–H and O–H groups in total. The van der Waals surface area contributed by atoms with E-state index in [9.17, 15) is 4.79 Å². The normalized spacial score (nSPS) is 10.4. The van der Waals surface area contributed by atoms with Gasteiger partial charge in [-0.3, -0.25) is 4.79 Å². The molecule has 2 rings (SSSR count). The molecule has 0 bridgehead atoms. The molecule has 0 atom stereocenters. The van der Waals surface area contributed by atoms with Crippen molar-refractivity contribution in [1.29, 1.82) is 0 Å². The Kier molecular flexibility index (Phi) is 4.19. The van der Waals surface area contributed by atoms with E-state index in [1.54, 1.807) is 6.07 Å². The summed E-state index contributed by atoms with van der Waals surface area (Å²) < 4.78 is 0.704. The first-order valence-corrected chi connectivity index (χ1v) is 6.91. The maximum atomic E-state index is 11.4. The second-order valence-corrected chi connectivity index (χ2v) is 6.06. The van der Waals surface area contributed by atoms with E-state index in [1.165, 1.54) is 17.4 Å². The molecule has 0 radical (unpaired) electrons. The van der Waals surface area contributed by atoms with Crippen molar-refractivity contribution in [1.82, 2.24) is 0 Å². The lowest BCUT2D eigenvalue weighted by atomic mass is 10.1. The lowest BCUT2D eigenvalue weighted by Crippen LogP contribution is -2.15. The Labute approximate surface area is 124 Å². The fourth-order valence-electron chi connectivity index (χ4n) is 1.62. The lowest BCUT2D eigenvalue weighted by Gasteiger charge is -2.12. The summed E-state index contributed by atoms with van der Waals surface area (Å²) in [5.41, 5.74) is 12.1. The molecule has 0 unspecified atom stereocenters. The minimum absolute atomic E-state index is 0.271. The van der Waals surface area contributed by atoms with Crippen LogP contribution >= 0.6 is 34.5 Å². The molecule has 0 saturated heterocycles. The van der Waals surface area contributed by atoms with E-state index < -0.39 is 5.91 Å². The number of primary amides is 1. The van der Waals surface area contributed by atoms with E-state index in [0.717, 1.165) is 4.88 Å². The molecule has 0 aliphatic heterocycles. The van der Waals surface area contributed by atoms with Crippen LogP contribution in [0.1, 0.15) is 15.2 Å². The Morgan fingerprint density at radius 1 is 1.32 bits per heavy atom. The van der Waals surface area contributed by atoms with Gasteiger partial charge in [0.15, 0.2) is 0 Å². The van der Waals surface area contributed by atoms with E-state index in [2.05, 4.69) is 5.32 Å². The van der Waals surface area contributed by atoms with Crippen molar-refractivity contribution in [3.05, 3.63) is 44.1 Å². The number of benzene rings is 1. The number of anilines is 2. The molecule has 0 saturated carbocycles. The van der Waals surface area contributed by atoms with Crippen molar-refractivity contribution in [3.8, 4) is 0 Å². The zero-order valence-electron chi connectivity index (χ0n) is 9.74. The van der Waals surface area contributed by atoms with Crippen LogP contribution in [0, 0.1) is 0 Å². The number of nitrogens with two attached hydrogens (primary N) is 2. The van der Waals surface area contributed by atoms with Gasteiger partial charge in [-0.2, -0.15) is 0 Å². The first kappa shape index (κ1) is 14.0. The van der Waals surface area contributed by atoms with Crippen LogP contribution < -0.4 is 16.8 Å². The minimum Gasteiger partial charge on any atom is -0.399 e. The van der Waals surface area contributed by atoms with Crippen LogP contribution in [0.15, 0.2) is 24.3 Å². The summed E-state index contributed by atoms with van der Waals surface area (Å²) in [6, 6.07) is 6.77. The average Bonchev–Trinajstić information content (AvgIpc) is 2.73. The minimum atomic E-state index is -0.582. The molecule has 1 amide bonds. The van der Waals surface area contributed by atoms with Crippen molar-refractivity contribution in [2.24, 2.45) is 5.73 Å². The number of hydrogen-bond acceptors (Lipinski definition) is 4. The fraction of sp³-hybridized carbons (Fsp3) is 0.0833. The van der Waals surface area contributed by atoms with Crippen LogP contribution in [0.3, 0.4) is 0 Å². The molecule has 2 aromatic rings. The molecular weight excluding hydrogens is 305 g/mol. The third-order valence-corrected chi connectivity index (χ3v) is 3.98. The molecule has 0 spiro atoms. The van der Waals surface area contributed by atoms with Gasteiger partial charge in [-0.1, -0.05) is 23.2 Å². The van der Waals surface area contributed by atoms with Crippen molar-refractivity contribution < 1.29 is 4.79 Å². The van der Waals surface area contributed by atoms with Crippen molar-refractivity contribution >= 4 is 51.8 Å². The Morgan fingerprint density at radius 2 is 2.05 bits per heavy atom. The van der Waals surface area contributed by atoms with Gasteiger partial charge in [0.25, 0.3) is 5.91 Å². The van der Waals surface area contributed by atoms with Crippen LogP contribution in [-0.4, -0.2) is 5.91 Å². The Balaban J connectivity index is 2.26. The van der Waals surface area contributed by atoms with Crippen LogP contribution in [0.2, 0.25) is 9.36 Å². The van der Waals surface area contributed by atoms with Crippen molar-refractivity contribution in [2.45, 2.75) is 6.54 Å². The van der Waals surface area contributed by atoms with Crippen LogP contribution in [0.4, 0.5) is 11.4 Å². The average molecular weight is 316 g/mol. The predicted octanol–water partition coefficient (Wildman–Crippen LogP) is 3.35. The van der Waals surface area contributed by atoms with Gasteiger partial charge in [0.05, 0.1) is 20.6 Å². The second kappa shape index (κ2) is 5.69. The largest absolute Gasteiger partial charge is 0.399 e. The summed E-state index contributed by atoms with van der Waals surface area (Å²) in [4.78, 5) is 12.4. The maximum absolute atomic E-state index is 11.4. The predicted molar refractivity (Wildman–Crippen MR) is 81.0 cm³/mol. The van der Waals surface area contributed by atoms with E-state index in [4.69, 9.17) is 34.7 Å². The summed E-state index contributed by atoms with van der Waals surface area (Å²) >= 11 is 13.4. The first-order valence-electron chi connectivity index (χ1n) is 5.34. The number of carbonyl (C=O) groups excluding carboxylic acids is 1. The molecule has 4 nitrogen and oxygen atoms in total. The Bertz CT molecular complexity index is 627. The molecule has 0 aliphatic carbocycles. The van der Waals surface area contributed by atoms with E-state index in [0.29, 0.717) is 27.3 Å². The fourth-order valence-corrected chi connectivity index (χ4v) is 2.95. The second-order valence-electron chi connectivity index (χ2n) is 3.85. The summed E-state index contributed by atoms with van der Waals surface area (Å²) in [6.45, 7) is 0.501. The third kappa shape index (κ3) is 3.32. The summed E-state index contributed by atoms with van der Waals surface area (Å²) in [7, 11) is 0. The quantitative estimate of drug-likeness (QED) is 0.757. The van der Waals surface area contributed by atoms with Gasteiger partial charge >= 0.3 is 0 Å². The monoisotopic (exact) mass is 315 g/mol. The van der Waals surface area contributed by atoms with Crippen molar-refractivity contribution in [3.63, 3.8) is 0 Å². The highest BCUT2D eigenvalue weighted by Crippen LogP contribution is 2.30. The highest BCUT2D eigenvalue weighted by Gasteiger charge is 2.13. The first-order chi connectivity index (χ1) is 8.97. The van der Waals surface area contributed by atoms with E-state index in [-0.39, 0.29) is 5.56 Å². The number of halogens is 2. The molecule has 1 heterocycles. The van der Waals surface area contributed by atoms with Gasteiger partial charge in [0.1, 0.15) is 0 Å². The molecule has 0 aliphatic rings. The zero-order valence-corrected chi connectivity index (χ0v) is 12.1. The highest BCUT2D eigenvalue weighted by molar-refractivity contribution is 7.16. The van der Waals surface area contributed by atoms with E-state index in [1.807, 2.05) is 12.1 Å². The standard InChI is InChI=1S/C12H11Cl2N3OS/c13-9-4-6(15)3-8(12(16)18)11(9)17-5-7-1-2-10(14)19-7/h1-4,17H,5,15H2,(H2,16,18). The van der Waals surface area contributed by atoms with Gasteiger partial charge in [-0.05, 0) is 24.3 Å². The number of hydrogen-bond donors (Lipinski definition) is 3. The number of rotatable bonds is 4. The number of nitrogens with one attached hydrogen (secondary N) is 1. The van der Waals surface area contributed by atoms with Gasteiger partial charge < -0.3 is 16.8 Å². The SMILES string of the molecule is NC(=O)c1cc(N)cc(Cl)c1NCc1ccc(Cl)s1. The lowest BCUT2D eigenvalue weighted by molar-refractivity contribution is 0.100. The van der Waals surface area contributed by atoms with Gasteiger partial charge in [0.2, 0.25) is 0 Å². The van der Waals surface area contributed by atoms with Gasteiger partial charge in [-0.15, -0.1) is 11.3 Å². The molecule has 19 heavy (non-hydrogen) atoms. The van der Waals surface area contributed by atoms with E-state index >= 15 is 0 Å². The number of thiophene rings is 1. The number of nitrogen functional groups attached to an aromatic ring is 1. The maximum Gasteiger partial charge on any atom is 0.250 e. The molecule has 1 aromatic carbocycles. The van der Waals surface area contributed by atoms with Crippen molar-refractivity contribution in [2.75, 3.05) is 11.1 Å². The number of carbonyl (C=O) groups is 1. The Morgan fingerprint density at radius 3 is 2.63 bits per heavy atom. The highest BCUT2D eigenvalue weighted by atomic mass is 35.5. The topological polar surface area (TPSA) is 81.1 Å². The summed E-state index contributed by atoms with van der Waals surface area (Å²) in [6.07, 6.45) is 0. The zero-order chi connectivity index (χ0) is 14.0. The molecular formula is C12H11Cl2N3OS. The summed E-state index contributed by atoms with van der Waals surface area (Å²) in [5, 5.41) is 3.44. The van der Waals surface area contributed by atoms with Crippen LogP contribution in [0.5, 0.6) is 0 Å². The molecule has 0 fully saturated rings.